The standard InChI is InChI=1S/C7H15BOSi/c1-2-7(10-8)5-3-4-6-9-7/h2H,1,3-6,8,10H2. The Morgan fingerprint density at radius 3 is 2.70 bits per heavy atom. The van der Waals surface area contributed by atoms with Gasteiger partial charge in [0.1, 0.15) is 0 Å². The summed E-state index contributed by atoms with van der Waals surface area (Å²) in [5.74, 6) is 0. The normalized spacial score (nSPS) is 34.8. The predicted octanol–water partition coefficient (Wildman–Crippen LogP) is -0.214. The van der Waals surface area contributed by atoms with Crippen LogP contribution in [0.4, 0.5) is 0 Å². The topological polar surface area (TPSA) is 9.23 Å². The molecule has 0 aromatic carbocycles. The number of hydrogen-bond acceptors (Lipinski definition) is 1. The molecule has 0 aromatic heterocycles. The van der Waals surface area contributed by atoms with Crippen molar-refractivity contribution in [2.45, 2.75) is 24.5 Å². The molecule has 1 saturated heterocycles. The zero-order chi connectivity index (χ0) is 7.45. The summed E-state index contributed by atoms with van der Waals surface area (Å²) >= 11 is 0. The van der Waals surface area contributed by atoms with E-state index in [-0.39, 0.29) is 14.6 Å². The Morgan fingerprint density at radius 1 is 1.60 bits per heavy atom. The van der Waals surface area contributed by atoms with Crippen LogP contribution in [0.25, 0.3) is 0 Å². The molecule has 0 spiro atoms. The smallest absolute Gasteiger partial charge is 0.0931 e. The first-order chi connectivity index (χ1) is 4.83. The Morgan fingerprint density at radius 2 is 2.40 bits per heavy atom. The van der Waals surface area contributed by atoms with E-state index in [9.17, 15) is 0 Å². The molecule has 0 N–H and O–H groups in total. The van der Waals surface area contributed by atoms with Gasteiger partial charge in [-0.3, -0.25) is 0 Å². The first-order valence-corrected chi connectivity index (χ1v) is 6.23. The van der Waals surface area contributed by atoms with Crippen LogP contribution in [0.15, 0.2) is 12.7 Å². The Bertz CT molecular complexity index is 121. The third-order valence-corrected chi connectivity index (χ3v) is 4.40. The van der Waals surface area contributed by atoms with Gasteiger partial charge in [-0.25, -0.2) is 0 Å². The molecule has 0 saturated carbocycles. The van der Waals surface area contributed by atoms with E-state index in [4.69, 9.17) is 4.74 Å². The van der Waals surface area contributed by atoms with Crippen molar-refractivity contribution in [3.63, 3.8) is 0 Å². The highest BCUT2D eigenvalue weighted by Crippen LogP contribution is 2.23. The van der Waals surface area contributed by atoms with Crippen LogP contribution >= 0.6 is 0 Å². The minimum atomic E-state index is -0.0789. The zero-order valence-electron chi connectivity index (χ0n) is 6.73. The maximum atomic E-state index is 5.71. The first kappa shape index (κ1) is 8.08. The second kappa shape index (κ2) is 3.40. The minimum Gasteiger partial charge on any atom is -0.376 e. The van der Waals surface area contributed by atoms with Gasteiger partial charge in [0.15, 0.2) is 0 Å². The van der Waals surface area contributed by atoms with Crippen molar-refractivity contribution in [2.75, 3.05) is 6.61 Å². The summed E-state index contributed by atoms with van der Waals surface area (Å²) in [6.45, 7) is 4.79. The Kier molecular flexibility index (Phi) is 2.74. The molecular weight excluding hydrogens is 139 g/mol. The third-order valence-electron chi connectivity index (χ3n) is 2.35. The minimum absolute atomic E-state index is 0.0789. The SMILES string of the molecule is B[SiH2]C1(C=C)CCCCO1. The van der Waals surface area contributed by atoms with Gasteiger partial charge in [-0.2, -0.15) is 0 Å². The summed E-state index contributed by atoms with van der Waals surface area (Å²) in [6, 6.07) is 0. The fourth-order valence-corrected chi connectivity index (χ4v) is 2.70. The molecule has 1 aliphatic heterocycles. The van der Waals surface area contributed by atoms with Crippen LogP contribution in [-0.2, 0) is 4.74 Å². The van der Waals surface area contributed by atoms with E-state index in [1.54, 1.807) is 0 Å². The maximum Gasteiger partial charge on any atom is 0.0931 e. The van der Waals surface area contributed by atoms with E-state index in [0.29, 0.717) is 0 Å². The van der Waals surface area contributed by atoms with Gasteiger partial charge in [0.25, 0.3) is 0 Å². The average Bonchev–Trinajstić information content (AvgIpc) is 2.06. The molecule has 1 rings (SSSR count). The zero-order valence-corrected chi connectivity index (χ0v) is 8.14. The molecule has 1 heterocycles. The average molecular weight is 154 g/mol. The van der Waals surface area contributed by atoms with E-state index >= 15 is 0 Å². The molecule has 10 heavy (non-hydrogen) atoms. The summed E-state index contributed by atoms with van der Waals surface area (Å²) < 4.78 is 5.71. The van der Waals surface area contributed by atoms with Crippen LogP contribution in [0.2, 0.25) is 0 Å². The quantitative estimate of drug-likeness (QED) is 0.395. The molecule has 56 valence electrons. The van der Waals surface area contributed by atoms with Crippen molar-refractivity contribution in [3.05, 3.63) is 12.7 Å². The van der Waals surface area contributed by atoms with Crippen molar-refractivity contribution < 1.29 is 4.74 Å². The lowest BCUT2D eigenvalue weighted by molar-refractivity contribution is 0.0146. The van der Waals surface area contributed by atoms with E-state index in [1.165, 1.54) is 19.3 Å². The third kappa shape index (κ3) is 1.52. The lowest BCUT2D eigenvalue weighted by Gasteiger charge is -2.33. The number of hydrogen-bond donors (Lipinski definition) is 0. The van der Waals surface area contributed by atoms with Crippen LogP contribution in [-0.4, -0.2) is 28.7 Å². The van der Waals surface area contributed by atoms with Crippen molar-refractivity contribution in [3.8, 4) is 0 Å². The highest BCUT2D eigenvalue weighted by molar-refractivity contribution is 6.91. The summed E-state index contributed by atoms with van der Waals surface area (Å²) in [6.07, 6.45) is 5.81. The van der Waals surface area contributed by atoms with Crippen LogP contribution in [0.3, 0.4) is 0 Å². The van der Waals surface area contributed by atoms with E-state index < -0.39 is 0 Å². The largest absolute Gasteiger partial charge is 0.376 e. The van der Waals surface area contributed by atoms with Gasteiger partial charge in [0.05, 0.1) is 12.7 Å². The summed E-state index contributed by atoms with van der Waals surface area (Å²) in [4.78, 5) is 0. The molecule has 0 amide bonds. The Balaban J connectivity index is 2.52. The fraction of sp³-hybridized carbons (Fsp3) is 0.714. The van der Waals surface area contributed by atoms with Crippen molar-refractivity contribution in [1.82, 2.24) is 0 Å². The summed E-state index contributed by atoms with van der Waals surface area (Å²) in [7, 11) is 2.22. The highest BCUT2D eigenvalue weighted by Gasteiger charge is 2.26. The van der Waals surface area contributed by atoms with E-state index in [2.05, 4.69) is 14.0 Å². The van der Waals surface area contributed by atoms with Gasteiger partial charge in [-0.1, -0.05) is 6.08 Å². The van der Waals surface area contributed by atoms with Crippen LogP contribution in [0, 0.1) is 0 Å². The van der Waals surface area contributed by atoms with Crippen LogP contribution < -0.4 is 0 Å². The van der Waals surface area contributed by atoms with E-state index in [1.807, 2.05) is 6.08 Å². The molecule has 0 aliphatic carbocycles. The number of ether oxygens (including phenoxy) is 1. The molecule has 1 atom stereocenters. The van der Waals surface area contributed by atoms with Gasteiger partial charge in [-0.05, 0) is 19.3 Å². The predicted molar refractivity (Wildman–Crippen MR) is 49.8 cm³/mol. The highest BCUT2D eigenvalue weighted by atomic mass is 28.2. The molecule has 1 nitrogen and oxygen atoms in total. The summed E-state index contributed by atoms with van der Waals surface area (Å²) in [5, 5.41) is 0.165. The fourth-order valence-electron chi connectivity index (χ4n) is 1.46. The van der Waals surface area contributed by atoms with Gasteiger partial charge in [-0.15, -0.1) is 6.58 Å². The molecule has 0 bridgehead atoms. The van der Waals surface area contributed by atoms with Crippen molar-refractivity contribution >= 4 is 16.8 Å². The second-order valence-electron chi connectivity index (χ2n) is 2.93. The van der Waals surface area contributed by atoms with Gasteiger partial charge >= 0.3 is 0 Å². The lowest BCUT2D eigenvalue weighted by Crippen LogP contribution is -2.40. The molecular formula is C7H15BOSi. The Hall–Kier alpha value is -0.0182. The van der Waals surface area contributed by atoms with Crippen LogP contribution in [0.1, 0.15) is 19.3 Å². The van der Waals surface area contributed by atoms with E-state index in [0.717, 1.165) is 6.61 Å². The van der Waals surface area contributed by atoms with Gasteiger partial charge in [0.2, 0.25) is 0 Å². The van der Waals surface area contributed by atoms with Crippen LogP contribution in [0.5, 0.6) is 0 Å². The molecule has 1 fully saturated rings. The lowest BCUT2D eigenvalue weighted by atomic mass is 10.1. The summed E-state index contributed by atoms with van der Waals surface area (Å²) in [5.41, 5.74) is 0. The number of rotatable bonds is 2. The molecule has 1 aliphatic rings. The molecule has 3 heteroatoms. The van der Waals surface area contributed by atoms with Gasteiger partial charge in [0, 0.05) is 16.0 Å². The first-order valence-electron chi connectivity index (χ1n) is 4.10. The monoisotopic (exact) mass is 154 g/mol. The van der Waals surface area contributed by atoms with Gasteiger partial charge < -0.3 is 4.74 Å². The van der Waals surface area contributed by atoms with Crippen molar-refractivity contribution in [1.29, 1.82) is 0 Å². The molecule has 0 radical (unpaired) electrons. The molecule has 0 aromatic rings. The maximum absolute atomic E-state index is 5.71. The second-order valence-corrected chi connectivity index (χ2v) is 4.83. The van der Waals surface area contributed by atoms with Crippen molar-refractivity contribution in [2.24, 2.45) is 0 Å². The Labute approximate surface area is 66.0 Å². The molecule has 1 unspecified atom stereocenters.